The zero-order chi connectivity index (χ0) is 14.5. The van der Waals surface area contributed by atoms with Crippen molar-refractivity contribution in [3.63, 3.8) is 0 Å². The topological polar surface area (TPSA) is 43.4 Å². The number of Topliss-reactive ketones (excluding diaryl/α,β-unsaturated/α-hetero) is 1. The van der Waals surface area contributed by atoms with E-state index in [0.29, 0.717) is 11.3 Å². The highest BCUT2D eigenvalue weighted by atomic mass is 16.5. The number of para-hydroxylation sites is 1. The first kappa shape index (κ1) is 14.8. The minimum atomic E-state index is -0.177. The first-order valence-electron chi connectivity index (χ1n) is 7.42. The van der Waals surface area contributed by atoms with E-state index in [0.717, 1.165) is 31.2 Å². The lowest BCUT2D eigenvalue weighted by Gasteiger charge is -2.16. The van der Waals surface area contributed by atoms with E-state index in [9.17, 15) is 9.59 Å². The van der Waals surface area contributed by atoms with E-state index >= 15 is 0 Å². The molecule has 3 nitrogen and oxygen atoms in total. The Morgan fingerprint density at radius 2 is 1.75 bits per heavy atom. The first-order chi connectivity index (χ1) is 9.59. The molecular formula is C17H22O3. The molecule has 0 N–H and O–H groups in total. The molecule has 1 aliphatic rings. The van der Waals surface area contributed by atoms with Gasteiger partial charge < -0.3 is 4.74 Å². The van der Waals surface area contributed by atoms with E-state index in [4.69, 9.17) is 4.74 Å². The Kier molecular flexibility index (Phi) is 4.94. The van der Waals surface area contributed by atoms with Gasteiger partial charge >= 0.3 is 5.97 Å². The molecule has 0 aliphatic heterocycles. The van der Waals surface area contributed by atoms with Gasteiger partial charge in [0.05, 0.1) is 11.5 Å². The van der Waals surface area contributed by atoms with Crippen molar-refractivity contribution in [1.82, 2.24) is 0 Å². The average molecular weight is 274 g/mol. The second-order valence-electron chi connectivity index (χ2n) is 5.62. The fourth-order valence-corrected chi connectivity index (χ4v) is 2.76. The van der Waals surface area contributed by atoms with E-state index in [-0.39, 0.29) is 17.7 Å². The van der Waals surface area contributed by atoms with Gasteiger partial charge in [-0.2, -0.15) is 0 Å². The van der Waals surface area contributed by atoms with Gasteiger partial charge in [-0.1, -0.05) is 37.8 Å². The number of ether oxygens (including phenoxy) is 1. The summed E-state index contributed by atoms with van der Waals surface area (Å²) in [5.74, 6) is 0.173. The molecular weight excluding hydrogens is 252 g/mol. The maximum Gasteiger partial charge on any atom is 0.314 e. The quantitative estimate of drug-likeness (QED) is 0.361. The van der Waals surface area contributed by atoms with Crippen molar-refractivity contribution in [2.75, 3.05) is 0 Å². The van der Waals surface area contributed by atoms with E-state index in [2.05, 4.69) is 0 Å². The highest BCUT2D eigenvalue weighted by Gasteiger charge is 2.24. The Bertz CT molecular complexity index is 497. The molecule has 108 valence electrons. The van der Waals surface area contributed by atoms with E-state index in [1.165, 1.54) is 19.8 Å². The van der Waals surface area contributed by atoms with E-state index < -0.39 is 0 Å². The van der Waals surface area contributed by atoms with Crippen LogP contribution in [-0.2, 0) is 4.79 Å². The van der Waals surface area contributed by atoms with Crippen molar-refractivity contribution in [2.24, 2.45) is 5.92 Å². The zero-order valence-electron chi connectivity index (χ0n) is 12.3. The summed E-state index contributed by atoms with van der Waals surface area (Å²) < 4.78 is 5.57. The predicted octanol–water partition coefficient (Wildman–Crippen LogP) is 4.07. The molecule has 0 unspecified atom stereocenters. The van der Waals surface area contributed by atoms with Gasteiger partial charge in [0.2, 0.25) is 0 Å². The fraction of sp³-hybridized carbons (Fsp3) is 0.529. The molecule has 1 fully saturated rings. The number of ketones is 1. The van der Waals surface area contributed by atoms with Gasteiger partial charge in [0.25, 0.3) is 0 Å². The maximum absolute atomic E-state index is 12.3. The molecule has 0 amide bonds. The van der Waals surface area contributed by atoms with Crippen LogP contribution in [0.5, 0.6) is 5.75 Å². The third-order valence-corrected chi connectivity index (χ3v) is 3.98. The summed E-state index contributed by atoms with van der Waals surface area (Å²) in [4.78, 5) is 24.0. The van der Waals surface area contributed by atoms with Crippen LogP contribution >= 0.6 is 0 Å². The lowest BCUT2D eigenvalue weighted by Crippen LogP contribution is -2.21. The molecule has 0 heterocycles. The Balaban J connectivity index is 2.16. The lowest BCUT2D eigenvalue weighted by molar-refractivity contribution is -0.139. The largest absolute Gasteiger partial charge is 0.425 e. The van der Waals surface area contributed by atoms with Crippen LogP contribution in [0.2, 0.25) is 0 Å². The number of hydrogen-bond donors (Lipinski definition) is 0. The van der Waals surface area contributed by atoms with Crippen molar-refractivity contribution in [1.29, 1.82) is 0 Å². The van der Waals surface area contributed by atoms with Crippen LogP contribution < -0.4 is 4.74 Å². The van der Waals surface area contributed by atoms with Crippen LogP contribution in [0.4, 0.5) is 0 Å². The number of esters is 1. The van der Waals surface area contributed by atoms with Gasteiger partial charge in [0.1, 0.15) is 5.75 Å². The van der Waals surface area contributed by atoms with Gasteiger partial charge in [-0.3, -0.25) is 9.59 Å². The van der Waals surface area contributed by atoms with Crippen molar-refractivity contribution >= 4 is 11.8 Å². The van der Waals surface area contributed by atoms with Crippen LogP contribution in [0.15, 0.2) is 18.2 Å². The molecule has 1 aliphatic carbocycles. The molecule has 20 heavy (non-hydrogen) atoms. The van der Waals surface area contributed by atoms with Gasteiger partial charge in [0, 0.05) is 0 Å². The van der Waals surface area contributed by atoms with Crippen LogP contribution in [0.1, 0.15) is 61.4 Å². The summed E-state index contributed by atoms with van der Waals surface area (Å²) in [6.45, 7) is 3.36. The van der Waals surface area contributed by atoms with Crippen LogP contribution in [0.25, 0.3) is 0 Å². The lowest BCUT2D eigenvalue weighted by atomic mass is 10.0. The fourth-order valence-electron chi connectivity index (χ4n) is 2.76. The maximum atomic E-state index is 12.3. The van der Waals surface area contributed by atoms with Gasteiger partial charge in [0.15, 0.2) is 5.78 Å². The number of hydrogen-bond acceptors (Lipinski definition) is 3. The molecule has 0 spiro atoms. The Hall–Kier alpha value is -1.64. The monoisotopic (exact) mass is 274 g/mol. The SMILES string of the molecule is CC(=O)c1cccc(C)c1OC(=O)C1CCCCCC1. The smallest absolute Gasteiger partial charge is 0.314 e. The van der Waals surface area contributed by atoms with Gasteiger partial charge in [-0.25, -0.2) is 0 Å². The predicted molar refractivity (Wildman–Crippen MR) is 78.0 cm³/mol. The second-order valence-corrected chi connectivity index (χ2v) is 5.62. The minimum Gasteiger partial charge on any atom is -0.425 e. The molecule has 1 aromatic carbocycles. The number of rotatable bonds is 3. The second kappa shape index (κ2) is 6.69. The number of carbonyl (C=O) groups excluding carboxylic acids is 2. The van der Waals surface area contributed by atoms with Crippen LogP contribution in [0, 0.1) is 12.8 Å². The molecule has 1 saturated carbocycles. The van der Waals surface area contributed by atoms with Crippen molar-refractivity contribution in [3.8, 4) is 5.75 Å². The minimum absolute atomic E-state index is 0.0167. The molecule has 1 aromatic rings. The summed E-state index contributed by atoms with van der Waals surface area (Å²) in [5.41, 5.74) is 1.33. The summed E-state index contributed by atoms with van der Waals surface area (Å²) >= 11 is 0. The molecule has 0 radical (unpaired) electrons. The van der Waals surface area contributed by atoms with Crippen molar-refractivity contribution < 1.29 is 14.3 Å². The number of carbonyl (C=O) groups is 2. The van der Waals surface area contributed by atoms with E-state index in [1.807, 2.05) is 19.1 Å². The highest BCUT2D eigenvalue weighted by molar-refractivity contribution is 5.98. The Morgan fingerprint density at radius 1 is 1.10 bits per heavy atom. The Morgan fingerprint density at radius 3 is 2.35 bits per heavy atom. The average Bonchev–Trinajstić information content (AvgIpc) is 2.69. The number of aryl methyl sites for hydroxylation is 1. The third-order valence-electron chi connectivity index (χ3n) is 3.98. The molecule has 3 heteroatoms. The number of benzene rings is 1. The van der Waals surface area contributed by atoms with Crippen LogP contribution in [0.3, 0.4) is 0 Å². The van der Waals surface area contributed by atoms with Gasteiger partial charge in [-0.15, -0.1) is 0 Å². The molecule has 2 rings (SSSR count). The molecule has 0 bridgehead atoms. The summed E-state index contributed by atoms with van der Waals surface area (Å²) in [5, 5.41) is 0. The zero-order valence-corrected chi connectivity index (χ0v) is 12.3. The molecule has 0 atom stereocenters. The highest BCUT2D eigenvalue weighted by Crippen LogP contribution is 2.28. The van der Waals surface area contributed by atoms with E-state index in [1.54, 1.807) is 6.07 Å². The summed E-state index contributed by atoms with van der Waals surface area (Å²) in [6.07, 6.45) is 6.39. The molecule has 0 saturated heterocycles. The normalized spacial score (nSPS) is 16.5. The standard InChI is InChI=1S/C17H22O3/c1-12-8-7-11-15(13(2)18)16(12)20-17(19)14-9-5-3-4-6-10-14/h7-8,11,14H,3-6,9-10H2,1-2H3. The summed E-state index contributed by atoms with van der Waals surface area (Å²) in [6, 6.07) is 5.39. The van der Waals surface area contributed by atoms with Crippen molar-refractivity contribution in [2.45, 2.75) is 52.4 Å². The van der Waals surface area contributed by atoms with Crippen molar-refractivity contribution in [3.05, 3.63) is 29.3 Å². The third kappa shape index (κ3) is 3.47. The van der Waals surface area contributed by atoms with Crippen LogP contribution in [-0.4, -0.2) is 11.8 Å². The Labute approximate surface area is 120 Å². The first-order valence-corrected chi connectivity index (χ1v) is 7.42. The molecule has 0 aromatic heterocycles. The summed E-state index contributed by atoms with van der Waals surface area (Å²) in [7, 11) is 0. The van der Waals surface area contributed by atoms with Gasteiger partial charge in [-0.05, 0) is 38.3 Å².